The van der Waals surface area contributed by atoms with E-state index in [-0.39, 0.29) is 5.95 Å². The molecular weight excluding hydrogens is 1110 g/mol. The van der Waals surface area contributed by atoms with Crippen molar-refractivity contribution >= 4 is 107 Å². The number of rotatable bonds is 46. The van der Waals surface area contributed by atoms with Crippen molar-refractivity contribution in [3.8, 4) is 0 Å². The highest BCUT2D eigenvalue weighted by Crippen LogP contribution is 2.15. The Morgan fingerprint density at radius 1 is 0.153 bits per heavy atom. The van der Waals surface area contributed by atoms with Crippen molar-refractivity contribution in [1.29, 1.82) is 0 Å². The predicted octanol–water partition coefficient (Wildman–Crippen LogP) is -6.41. The van der Waals surface area contributed by atoms with Crippen LogP contribution >= 0.6 is 0 Å². The van der Waals surface area contributed by atoms with Gasteiger partial charge in [0, 0.05) is 157 Å². The van der Waals surface area contributed by atoms with E-state index >= 15 is 0 Å². The second kappa shape index (κ2) is 37.3. The molecule has 0 atom stereocenters. The minimum absolute atomic E-state index is 0.0655. The molecule has 6 aromatic heterocycles. The van der Waals surface area contributed by atoms with Crippen molar-refractivity contribution in [2.24, 2.45) is 40.1 Å². The van der Waals surface area contributed by atoms with Crippen LogP contribution in [0, 0.1) is 0 Å². The molecule has 0 radical (unpaired) electrons. The van der Waals surface area contributed by atoms with Crippen LogP contribution in [-0.4, -0.2) is 247 Å². The Morgan fingerprint density at radius 2 is 0.247 bits per heavy atom. The third kappa shape index (κ3) is 24.7. The average Bonchev–Trinajstić information content (AvgIpc) is 3.59. The van der Waals surface area contributed by atoms with Gasteiger partial charge in [-0.3, -0.25) is 0 Å². The lowest BCUT2D eigenvalue weighted by Crippen LogP contribution is -2.23. The van der Waals surface area contributed by atoms with E-state index in [0.717, 1.165) is 0 Å². The van der Waals surface area contributed by atoms with Crippen LogP contribution < -0.4 is 136 Å². The van der Waals surface area contributed by atoms with Crippen LogP contribution in [0.15, 0.2) is 0 Å². The molecule has 0 aliphatic carbocycles. The minimum atomic E-state index is 0.0655. The first-order chi connectivity index (χ1) is 41.7. The Hall–Kier alpha value is -9.82. The van der Waals surface area contributed by atoms with Crippen LogP contribution in [0.5, 0.6) is 0 Å². The highest BCUT2D eigenvalue weighted by molar-refractivity contribution is 5.48. The molecule has 464 valence electrons. The molecule has 0 saturated heterocycles. The second-order valence-corrected chi connectivity index (χ2v) is 17.1. The van der Waals surface area contributed by atoms with Crippen LogP contribution in [0.4, 0.5) is 107 Å². The van der Waals surface area contributed by atoms with Crippen molar-refractivity contribution in [1.82, 2.24) is 89.7 Å². The summed E-state index contributed by atoms with van der Waals surface area (Å²) in [7, 11) is 0. The van der Waals surface area contributed by atoms with Crippen molar-refractivity contribution in [2.45, 2.75) is 0 Å². The summed E-state index contributed by atoms with van der Waals surface area (Å²) >= 11 is 0. The molecule has 6 heterocycles. The first-order valence-corrected chi connectivity index (χ1v) is 27.5. The van der Waals surface area contributed by atoms with Gasteiger partial charge < -0.3 is 136 Å². The molecule has 0 spiro atoms. The molecule has 43 nitrogen and oxygen atoms in total. The lowest BCUT2D eigenvalue weighted by molar-refractivity contribution is 0.918. The number of aromatic nitrogens is 18. The van der Waals surface area contributed by atoms with Crippen LogP contribution in [0.3, 0.4) is 0 Å². The maximum Gasteiger partial charge on any atom is 0.229 e. The summed E-state index contributed by atoms with van der Waals surface area (Å²) in [6.07, 6.45) is 0. The van der Waals surface area contributed by atoms with E-state index in [1.54, 1.807) is 0 Å². The van der Waals surface area contributed by atoms with Gasteiger partial charge in [-0.25, -0.2) is 0 Å². The summed E-state index contributed by atoms with van der Waals surface area (Å²) < 4.78 is 0. The number of hydrogen-bond acceptors (Lipinski definition) is 43. The van der Waals surface area contributed by atoms with Gasteiger partial charge in [0.25, 0.3) is 0 Å². The molecule has 0 bridgehead atoms. The zero-order valence-corrected chi connectivity index (χ0v) is 47.1. The fourth-order valence-electron chi connectivity index (χ4n) is 6.65. The van der Waals surface area contributed by atoms with Crippen molar-refractivity contribution in [3.05, 3.63) is 0 Å². The molecule has 0 aliphatic heterocycles. The van der Waals surface area contributed by atoms with Gasteiger partial charge in [0.15, 0.2) is 0 Å². The summed E-state index contributed by atoms with van der Waals surface area (Å²) in [6, 6.07) is 0. The Balaban J connectivity index is 0.981. The van der Waals surface area contributed by atoms with Gasteiger partial charge in [0.1, 0.15) is 0 Å². The average molecular weight is 1190 g/mol. The van der Waals surface area contributed by atoms with Gasteiger partial charge >= 0.3 is 0 Å². The Bertz CT molecular complexity index is 2820. The molecular formula is C42H81N43. The standard InChI is InChI=1S/C42H81N43/c43-1-8-51-26-68-25(50)69-27(70-26)58-15-16-59-35-74-30(54-11-4-46)75-36(82-35)62-19-20-63-39-78-32(56-13-6-48)79-40(84-39)66-23-24-67-42-81-33(57-14-7-49)80-41(85-42)65-22-21-64-38-77-31(55-12-5-47)76-37(83-38)61-18-17-60-34-72-28(52-9-2-44)71-29(73-34)53-10-3-45/h1-24,43-49H2,(H4,50,51,58,68,69,70)(H3,52,53,60,71,72,73)(H3,54,59,62,74,75,82)(H3,55,61,64,76,77,83)(H3,56,63,66,78,79,84)(H3,57,65,67,80,81,85). The summed E-state index contributed by atoms with van der Waals surface area (Å²) in [5.41, 5.74) is 45.7. The summed E-state index contributed by atoms with van der Waals surface area (Å²) in [5.74, 6) is 5.59. The van der Waals surface area contributed by atoms with Gasteiger partial charge in [-0.15, -0.1) is 0 Å². The molecule has 0 aliphatic rings. The number of nitrogens with two attached hydrogens (primary N) is 8. The molecule has 0 aromatic carbocycles. The van der Waals surface area contributed by atoms with Crippen molar-refractivity contribution in [2.75, 3.05) is 253 Å². The molecule has 0 unspecified atom stereocenters. The number of anilines is 18. The zero-order chi connectivity index (χ0) is 60.1. The van der Waals surface area contributed by atoms with Crippen LogP contribution in [-0.2, 0) is 0 Å². The monoisotopic (exact) mass is 1190 g/mol. The van der Waals surface area contributed by atoms with E-state index in [4.69, 9.17) is 45.9 Å². The minimum Gasteiger partial charge on any atom is -0.368 e. The third-order valence-electron chi connectivity index (χ3n) is 10.3. The number of hydrogen-bond donors (Lipinski definition) is 25. The van der Waals surface area contributed by atoms with Crippen LogP contribution in [0.25, 0.3) is 0 Å². The van der Waals surface area contributed by atoms with E-state index in [2.05, 4.69) is 180 Å². The Labute approximate surface area is 488 Å². The Kier molecular flexibility index (Phi) is 28.2. The smallest absolute Gasteiger partial charge is 0.229 e. The fourth-order valence-corrected chi connectivity index (χ4v) is 6.65. The largest absolute Gasteiger partial charge is 0.368 e. The highest BCUT2D eigenvalue weighted by atomic mass is 15.3. The lowest BCUT2D eigenvalue weighted by Gasteiger charge is -2.14. The van der Waals surface area contributed by atoms with E-state index < -0.39 is 0 Å². The van der Waals surface area contributed by atoms with Gasteiger partial charge in [-0.1, -0.05) is 0 Å². The summed E-state index contributed by atoms with van der Waals surface area (Å²) in [4.78, 5) is 79.9. The van der Waals surface area contributed by atoms with Gasteiger partial charge in [0.05, 0.1) is 0 Å². The fraction of sp³-hybridized carbons (Fsp3) is 0.571. The molecule has 6 aromatic rings. The zero-order valence-electron chi connectivity index (χ0n) is 47.1. The quantitative estimate of drug-likeness (QED) is 0.0158. The maximum atomic E-state index is 5.84. The second-order valence-electron chi connectivity index (χ2n) is 17.1. The topological polar surface area (TPSA) is 645 Å². The molecule has 6 rings (SSSR count). The Morgan fingerprint density at radius 3 is 0.353 bits per heavy atom. The van der Waals surface area contributed by atoms with E-state index in [1.807, 2.05) is 0 Å². The number of nitrogens with one attached hydrogen (secondary N) is 17. The molecule has 85 heavy (non-hydrogen) atoms. The highest BCUT2D eigenvalue weighted by Gasteiger charge is 2.13. The number of nitrogens with zero attached hydrogens (tertiary/aromatic N) is 18. The first-order valence-electron chi connectivity index (χ1n) is 27.5. The molecule has 33 N–H and O–H groups in total. The van der Waals surface area contributed by atoms with Crippen molar-refractivity contribution < 1.29 is 0 Å². The van der Waals surface area contributed by atoms with E-state index in [9.17, 15) is 0 Å². The van der Waals surface area contributed by atoms with Gasteiger partial charge in [-0.2, -0.15) is 89.7 Å². The molecule has 43 heteroatoms. The third-order valence-corrected chi connectivity index (χ3v) is 10.3. The summed E-state index contributed by atoms with van der Waals surface area (Å²) in [5, 5.41) is 53.5. The molecule has 0 fully saturated rings. The van der Waals surface area contributed by atoms with E-state index in [1.165, 1.54) is 0 Å². The van der Waals surface area contributed by atoms with Crippen LogP contribution in [0.2, 0.25) is 0 Å². The normalized spacial score (nSPS) is 10.8. The van der Waals surface area contributed by atoms with Crippen LogP contribution in [0.1, 0.15) is 0 Å². The van der Waals surface area contributed by atoms with Crippen molar-refractivity contribution in [3.63, 3.8) is 0 Å². The maximum absolute atomic E-state index is 5.84. The van der Waals surface area contributed by atoms with Gasteiger partial charge in [0.2, 0.25) is 107 Å². The summed E-state index contributed by atoms with van der Waals surface area (Å²) in [6.45, 7) is 9.76. The lowest BCUT2D eigenvalue weighted by atomic mass is 10.5. The first kappa shape index (κ1) is 64.3. The van der Waals surface area contributed by atoms with E-state index in [0.29, 0.717) is 258 Å². The molecule has 0 amide bonds. The predicted molar refractivity (Wildman–Crippen MR) is 331 cm³/mol. The molecule has 0 saturated carbocycles. The SMILES string of the molecule is NCCNc1nc(N)nc(NCCNc2nc(NCCN)nc(NCCNc3nc(NCCN)nc(NCCNc4nc(NCCN)nc(NCCNc5nc(NCCN)nc(NCCNc6nc(NCCN)nc(NCCN)n6)n5)n4)n3)n2)n1. The van der Waals surface area contributed by atoms with Gasteiger partial charge in [-0.05, 0) is 0 Å². The number of nitrogen functional groups attached to an aromatic ring is 1.